The van der Waals surface area contributed by atoms with Gasteiger partial charge in [-0.2, -0.15) is 0 Å². The van der Waals surface area contributed by atoms with Crippen molar-refractivity contribution >= 4 is 11.8 Å². The second-order valence-electron chi connectivity index (χ2n) is 9.77. The standard InChI is InChI=1S/C27H35N3O5/c1-17-14-30(18(2)16-31)27(33)23-12-21(19-8-10-22(34-4)11-9-19)13-28-25(23)35-24(17)15-29(3)26(32)20-6-5-7-20/h8-13,17-18,20,24,31H,5-7,14-16H2,1-4H3/t17-,18+,24-/m0/s1. The number of carbonyl (C=O) groups excluding carboxylic acids is 2. The number of aromatic nitrogens is 1. The van der Waals surface area contributed by atoms with E-state index in [9.17, 15) is 14.7 Å². The summed E-state index contributed by atoms with van der Waals surface area (Å²) in [4.78, 5) is 34.4. The molecular weight excluding hydrogens is 446 g/mol. The summed E-state index contributed by atoms with van der Waals surface area (Å²) in [5, 5.41) is 9.86. The summed E-state index contributed by atoms with van der Waals surface area (Å²) in [6.07, 6.45) is 4.34. The fourth-order valence-corrected chi connectivity index (χ4v) is 4.59. The first kappa shape index (κ1) is 25.0. The molecule has 8 heteroatoms. The van der Waals surface area contributed by atoms with Crippen molar-refractivity contribution in [2.75, 3.05) is 33.9 Å². The number of methoxy groups -OCH3 is 1. The van der Waals surface area contributed by atoms with Gasteiger partial charge in [-0.25, -0.2) is 4.98 Å². The highest BCUT2D eigenvalue weighted by Gasteiger charge is 2.36. The average molecular weight is 482 g/mol. The van der Waals surface area contributed by atoms with Crippen LogP contribution in [-0.4, -0.2) is 77.7 Å². The molecule has 1 N–H and O–H groups in total. The molecule has 188 valence electrons. The van der Waals surface area contributed by atoms with Crippen LogP contribution >= 0.6 is 0 Å². The number of hydrogen-bond donors (Lipinski definition) is 1. The predicted octanol–water partition coefficient (Wildman–Crippen LogP) is 3.24. The Morgan fingerprint density at radius 2 is 2.00 bits per heavy atom. The minimum atomic E-state index is -0.365. The Hall–Kier alpha value is -3.13. The molecule has 0 unspecified atom stereocenters. The van der Waals surface area contributed by atoms with Gasteiger partial charge in [-0.15, -0.1) is 0 Å². The summed E-state index contributed by atoms with van der Waals surface area (Å²) < 4.78 is 11.6. The van der Waals surface area contributed by atoms with E-state index in [1.807, 2.05) is 45.2 Å². The quantitative estimate of drug-likeness (QED) is 0.653. The maximum atomic E-state index is 13.6. The van der Waals surface area contributed by atoms with Gasteiger partial charge in [-0.1, -0.05) is 25.5 Å². The van der Waals surface area contributed by atoms with Crippen LogP contribution in [0.4, 0.5) is 0 Å². The van der Waals surface area contributed by atoms with Crippen LogP contribution in [-0.2, 0) is 4.79 Å². The van der Waals surface area contributed by atoms with Crippen LogP contribution in [0.25, 0.3) is 11.1 Å². The minimum Gasteiger partial charge on any atom is -0.497 e. The van der Waals surface area contributed by atoms with Crippen LogP contribution in [0.2, 0.25) is 0 Å². The van der Waals surface area contributed by atoms with Crippen LogP contribution in [0.1, 0.15) is 43.5 Å². The first-order valence-corrected chi connectivity index (χ1v) is 12.3. The minimum absolute atomic E-state index is 0.0687. The first-order chi connectivity index (χ1) is 16.8. The van der Waals surface area contributed by atoms with Crippen molar-refractivity contribution in [3.8, 4) is 22.8 Å². The van der Waals surface area contributed by atoms with Gasteiger partial charge in [-0.3, -0.25) is 9.59 Å². The number of aliphatic hydroxyl groups is 1. The van der Waals surface area contributed by atoms with Crippen LogP contribution in [0, 0.1) is 11.8 Å². The summed E-state index contributed by atoms with van der Waals surface area (Å²) in [5.41, 5.74) is 2.03. The third kappa shape index (κ3) is 5.27. The molecule has 1 aromatic carbocycles. The topological polar surface area (TPSA) is 92.2 Å². The summed E-state index contributed by atoms with van der Waals surface area (Å²) >= 11 is 0. The number of pyridine rings is 1. The Balaban J connectivity index is 1.67. The fraction of sp³-hybridized carbons (Fsp3) is 0.519. The predicted molar refractivity (Wildman–Crippen MR) is 132 cm³/mol. The number of ether oxygens (including phenoxy) is 2. The van der Waals surface area contributed by atoms with E-state index >= 15 is 0 Å². The van der Waals surface area contributed by atoms with Crippen LogP contribution in [0.5, 0.6) is 11.6 Å². The molecule has 2 heterocycles. The van der Waals surface area contributed by atoms with E-state index in [1.165, 1.54) is 0 Å². The second-order valence-corrected chi connectivity index (χ2v) is 9.77. The van der Waals surface area contributed by atoms with Crippen molar-refractivity contribution in [1.29, 1.82) is 0 Å². The van der Waals surface area contributed by atoms with Crippen molar-refractivity contribution in [3.05, 3.63) is 42.1 Å². The zero-order valence-corrected chi connectivity index (χ0v) is 20.9. The maximum Gasteiger partial charge on any atom is 0.259 e. The highest BCUT2D eigenvalue weighted by Crippen LogP contribution is 2.32. The molecule has 3 atom stereocenters. The number of benzene rings is 1. The van der Waals surface area contributed by atoms with Crippen molar-refractivity contribution in [2.24, 2.45) is 11.8 Å². The van der Waals surface area contributed by atoms with Crippen molar-refractivity contribution in [3.63, 3.8) is 0 Å². The van der Waals surface area contributed by atoms with Gasteiger partial charge in [0.2, 0.25) is 11.8 Å². The molecule has 1 aliphatic heterocycles. The average Bonchev–Trinajstić information content (AvgIpc) is 2.84. The molecule has 1 fully saturated rings. The molecular formula is C27H35N3O5. The van der Waals surface area contributed by atoms with Gasteiger partial charge in [0.05, 0.1) is 26.3 Å². The van der Waals surface area contributed by atoms with Gasteiger partial charge in [0.1, 0.15) is 17.4 Å². The Morgan fingerprint density at radius 1 is 1.29 bits per heavy atom. The highest BCUT2D eigenvalue weighted by atomic mass is 16.5. The number of hydrogen-bond acceptors (Lipinski definition) is 6. The number of aliphatic hydroxyl groups excluding tert-OH is 1. The van der Waals surface area contributed by atoms with Gasteiger partial charge in [0.25, 0.3) is 5.91 Å². The van der Waals surface area contributed by atoms with Crippen molar-refractivity contribution < 1.29 is 24.2 Å². The lowest BCUT2D eigenvalue weighted by Crippen LogP contribution is -2.51. The maximum absolute atomic E-state index is 13.6. The van der Waals surface area contributed by atoms with Crippen molar-refractivity contribution in [2.45, 2.75) is 45.3 Å². The van der Waals surface area contributed by atoms with E-state index < -0.39 is 0 Å². The largest absolute Gasteiger partial charge is 0.497 e. The normalized spacial score (nSPS) is 21.2. The third-order valence-corrected chi connectivity index (χ3v) is 7.23. The zero-order valence-electron chi connectivity index (χ0n) is 20.9. The molecule has 35 heavy (non-hydrogen) atoms. The first-order valence-electron chi connectivity index (χ1n) is 12.3. The van der Waals surface area contributed by atoms with E-state index in [0.717, 1.165) is 36.1 Å². The summed E-state index contributed by atoms with van der Waals surface area (Å²) in [6, 6.07) is 8.97. The molecule has 2 aromatic rings. The summed E-state index contributed by atoms with van der Waals surface area (Å²) in [5.74, 6) is 0.952. The number of carbonyl (C=O) groups is 2. The highest BCUT2D eigenvalue weighted by molar-refractivity contribution is 5.98. The Kier molecular flexibility index (Phi) is 7.60. The molecule has 1 aliphatic carbocycles. The second kappa shape index (κ2) is 10.6. The Morgan fingerprint density at radius 3 is 2.60 bits per heavy atom. The van der Waals surface area contributed by atoms with Gasteiger partial charge in [0.15, 0.2) is 0 Å². The van der Waals surface area contributed by atoms with Gasteiger partial charge < -0.3 is 24.4 Å². The lowest BCUT2D eigenvalue weighted by Gasteiger charge is -2.38. The lowest BCUT2D eigenvalue weighted by atomic mass is 9.84. The molecule has 8 nitrogen and oxygen atoms in total. The van der Waals surface area contributed by atoms with Gasteiger partial charge in [0, 0.05) is 37.2 Å². The van der Waals surface area contributed by atoms with E-state index in [2.05, 4.69) is 4.98 Å². The van der Waals surface area contributed by atoms with E-state index in [0.29, 0.717) is 18.7 Å². The van der Waals surface area contributed by atoms with E-state index in [-0.39, 0.29) is 48.3 Å². The molecule has 1 aromatic heterocycles. The number of nitrogens with zero attached hydrogens (tertiary/aromatic N) is 3. The fourth-order valence-electron chi connectivity index (χ4n) is 4.59. The smallest absolute Gasteiger partial charge is 0.259 e. The summed E-state index contributed by atoms with van der Waals surface area (Å²) in [7, 11) is 3.43. The Labute approximate surface area is 206 Å². The van der Waals surface area contributed by atoms with Gasteiger partial charge >= 0.3 is 0 Å². The SMILES string of the molecule is COc1ccc(-c2cnc3c(c2)C(=O)N([C@H](C)CO)C[C@H](C)[C@H](CN(C)C(=O)C2CCC2)O3)cc1. The zero-order chi connectivity index (χ0) is 25.1. The van der Waals surface area contributed by atoms with Crippen LogP contribution in [0.3, 0.4) is 0 Å². The molecule has 0 radical (unpaired) electrons. The molecule has 4 rings (SSSR count). The monoisotopic (exact) mass is 481 g/mol. The summed E-state index contributed by atoms with van der Waals surface area (Å²) in [6.45, 7) is 4.50. The Bertz CT molecular complexity index is 1050. The number of fused-ring (bicyclic) bond motifs is 1. The molecule has 2 aliphatic rings. The lowest BCUT2D eigenvalue weighted by molar-refractivity contribution is -0.138. The number of amides is 2. The molecule has 0 bridgehead atoms. The van der Waals surface area contributed by atoms with Crippen LogP contribution in [0.15, 0.2) is 36.5 Å². The van der Waals surface area contributed by atoms with Crippen LogP contribution < -0.4 is 9.47 Å². The number of likely N-dealkylation sites (N-methyl/N-ethyl adjacent to an activating group) is 1. The van der Waals surface area contributed by atoms with Crippen molar-refractivity contribution in [1.82, 2.24) is 14.8 Å². The third-order valence-electron chi connectivity index (χ3n) is 7.23. The molecule has 0 spiro atoms. The molecule has 1 saturated carbocycles. The molecule has 0 saturated heterocycles. The van der Waals surface area contributed by atoms with Gasteiger partial charge in [-0.05, 0) is 43.5 Å². The van der Waals surface area contributed by atoms with E-state index in [4.69, 9.17) is 9.47 Å². The number of rotatable bonds is 7. The molecule has 2 amide bonds. The van der Waals surface area contributed by atoms with E-state index in [1.54, 1.807) is 29.2 Å².